The number of nitrogens with zero attached hydrogens (tertiary/aromatic N) is 1. The molecular formula is C18H17ClFN3O5S. The molecule has 1 heterocycles. The Labute approximate surface area is 171 Å². The van der Waals surface area contributed by atoms with Gasteiger partial charge in [-0.05, 0) is 48.0 Å². The van der Waals surface area contributed by atoms with E-state index in [4.69, 9.17) is 16.7 Å². The van der Waals surface area contributed by atoms with Crippen molar-refractivity contribution in [3.05, 3.63) is 58.9 Å². The lowest BCUT2D eigenvalue weighted by atomic mass is 10.0. The summed E-state index contributed by atoms with van der Waals surface area (Å²) in [5, 5.41) is 18.2. The van der Waals surface area contributed by atoms with Crippen molar-refractivity contribution in [1.29, 1.82) is 0 Å². The third kappa shape index (κ3) is 4.40. The number of hydrogen-bond donors (Lipinski definition) is 3. The van der Waals surface area contributed by atoms with Gasteiger partial charge in [-0.25, -0.2) is 17.9 Å². The van der Waals surface area contributed by atoms with Crippen molar-refractivity contribution in [2.45, 2.75) is 23.5 Å². The molecule has 11 heteroatoms. The molecule has 1 aliphatic rings. The van der Waals surface area contributed by atoms with E-state index in [0.29, 0.717) is 11.3 Å². The van der Waals surface area contributed by atoms with Gasteiger partial charge in [0.25, 0.3) is 11.8 Å². The second kappa shape index (κ2) is 7.71. The summed E-state index contributed by atoms with van der Waals surface area (Å²) < 4.78 is 36.0. The van der Waals surface area contributed by atoms with E-state index in [1.807, 2.05) is 0 Å². The van der Waals surface area contributed by atoms with Gasteiger partial charge in [-0.15, -0.1) is 0 Å². The van der Waals surface area contributed by atoms with E-state index in [2.05, 4.69) is 5.32 Å². The van der Waals surface area contributed by atoms with Crippen LogP contribution < -0.4 is 15.4 Å². The number of sulfonamides is 1. The van der Waals surface area contributed by atoms with Crippen LogP contribution in [0.25, 0.3) is 0 Å². The van der Waals surface area contributed by atoms with Crippen molar-refractivity contribution in [2.24, 2.45) is 5.14 Å². The number of aliphatic hydroxyl groups is 1. The number of carbonyl (C=O) groups excluding carboxylic acids is 2. The summed E-state index contributed by atoms with van der Waals surface area (Å²) >= 11 is 5.76. The molecule has 8 nitrogen and oxygen atoms in total. The Hall–Kier alpha value is -2.53. The van der Waals surface area contributed by atoms with Gasteiger partial charge in [0.05, 0.1) is 4.90 Å². The molecule has 1 aliphatic heterocycles. The number of rotatable bonds is 5. The van der Waals surface area contributed by atoms with E-state index in [9.17, 15) is 27.5 Å². The van der Waals surface area contributed by atoms with Crippen molar-refractivity contribution < 1.29 is 27.5 Å². The zero-order valence-corrected chi connectivity index (χ0v) is 16.5. The Balaban J connectivity index is 1.72. The number of nitrogens with one attached hydrogen (secondary N) is 1. The van der Waals surface area contributed by atoms with E-state index in [1.165, 1.54) is 41.3 Å². The fraction of sp³-hybridized carbons (Fsp3) is 0.222. The van der Waals surface area contributed by atoms with Crippen LogP contribution >= 0.6 is 11.6 Å². The normalized spacial score (nSPS) is 19.4. The number of amides is 2. The van der Waals surface area contributed by atoms with Gasteiger partial charge in [0.2, 0.25) is 15.6 Å². The molecule has 1 unspecified atom stereocenters. The maximum Gasteiger partial charge on any atom is 0.268 e. The van der Waals surface area contributed by atoms with Crippen LogP contribution in [0.2, 0.25) is 5.02 Å². The Morgan fingerprint density at radius 3 is 2.52 bits per heavy atom. The zero-order valence-electron chi connectivity index (χ0n) is 14.9. The van der Waals surface area contributed by atoms with Gasteiger partial charge < -0.3 is 15.3 Å². The van der Waals surface area contributed by atoms with Crippen LogP contribution in [0.3, 0.4) is 0 Å². The number of nitrogens with two attached hydrogens (primary N) is 1. The summed E-state index contributed by atoms with van der Waals surface area (Å²) in [5.74, 6) is -2.35. The fourth-order valence-corrected chi connectivity index (χ4v) is 3.78. The minimum atomic E-state index is -3.89. The molecule has 2 aromatic carbocycles. The average molecular weight is 442 g/mol. The second-order valence-corrected chi connectivity index (χ2v) is 8.56. The summed E-state index contributed by atoms with van der Waals surface area (Å²) in [6, 6.07) is 8.90. The van der Waals surface area contributed by atoms with Crippen molar-refractivity contribution in [3.8, 4) is 0 Å². The third-order valence-electron chi connectivity index (χ3n) is 4.52. The van der Waals surface area contributed by atoms with Crippen LogP contribution in [0.4, 0.5) is 10.1 Å². The minimum Gasteiger partial charge on any atom is -0.372 e. The highest BCUT2D eigenvalue weighted by Crippen LogP contribution is 2.29. The lowest BCUT2D eigenvalue weighted by Gasteiger charge is -2.22. The molecule has 2 aromatic rings. The Bertz CT molecular complexity index is 1060. The van der Waals surface area contributed by atoms with E-state index in [-0.39, 0.29) is 29.4 Å². The third-order valence-corrected chi connectivity index (χ3v) is 5.67. The average Bonchev–Trinajstić information content (AvgIpc) is 2.94. The number of benzene rings is 2. The van der Waals surface area contributed by atoms with E-state index < -0.39 is 33.3 Å². The monoisotopic (exact) mass is 441 g/mol. The lowest BCUT2D eigenvalue weighted by molar-refractivity contribution is -0.149. The molecule has 29 heavy (non-hydrogen) atoms. The predicted molar refractivity (Wildman–Crippen MR) is 103 cm³/mol. The largest absolute Gasteiger partial charge is 0.372 e. The molecule has 0 bridgehead atoms. The maximum atomic E-state index is 13.4. The molecule has 0 spiro atoms. The smallest absolute Gasteiger partial charge is 0.268 e. The summed E-state index contributed by atoms with van der Waals surface area (Å²) in [6.45, 7) is -0.0851. The van der Waals surface area contributed by atoms with Gasteiger partial charge in [0.15, 0.2) is 0 Å². The molecule has 0 aliphatic carbocycles. The first-order valence-corrected chi connectivity index (χ1v) is 10.3. The fourth-order valence-electron chi connectivity index (χ4n) is 3.02. The van der Waals surface area contributed by atoms with Crippen molar-refractivity contribution in [2.75, 3.05) is 11.4 Å². The predicted octanol–water partition coefficient (Wildman–Crippen LogP) is 0.911. The van der Waals surface area contributed by atoms with Crippen LogP contribution in [0.5, 0.6) is 0 Å². The minimum absolute atomic E-state index is 0.0449. The highest BCUT2D eigenvalue weighted by atomic mass is 35.5. The Morgan fingerprint density at radius 2 is 1.93 bits per heavy atom. The summed E-state index contributed by atoms with van der Waals surface area (Å²) in [4.78, 5) is 26.2. The van der Waals surface area contributed by atoms with E-state index >= 15 is 0 Å². The molecule has 4 N–H and O–H groups in total. The van der Waals surface area contributed by atoms with Crippen LogP contribution in [0, 0.1) is 5.82 Å². The molecule has 0 saturated carbocycles. The van der Waals surface area contributed by atoms with Crippen molar-refractivity contribution in [3.63, 3.8) is 0 Å². The quantitative estimate of drug-likeness (QED) is 0.594. The summed E-state index contributed by atoms with van der Waals surface area (Å²) in [7, 11) is -3.89. The van der Waals surface area contributed by atoms with Gasteiger partial charge in [0, 0.05) is 30.2 Å². The zero-order chi connectivity index (χ0) is 21.4. The maximum absolute atomic E-state index is 13.4. The van der Waals surface area contributed by atoms with Crippen molar-refractivity contribution in [1.82, 2.24) is 5.32 Å². The van der Waals surface area contributed by atoms with Crippen LogP contribution in [0.1, 0.15) is 12.0 Å². The van der Waals surface area contributed by atoms with Crippen LogP contribution in [-0.2, 0) is 26.2 Å². The summed E-state index contributed by atoms with van der Waals surface area (Å²) in [5.41, 5.74) is -1.62. The summed E-state index contributed by atoms with van der Waals surface area (Å²) in [6.07, 6.45) is -0.168. The number of primary sulfonamides is 1. The number of carbonyl (C=O) groups is 2. The molecule has 1 fully saturated rings. The highest BCUT2D eigenvalue weighted by Gasteiger charge is 2.51. The van der Waals surface area contributed by atoms with Gasteiger partial charge >= 0.3 is 0 Å². The first kappa shape index (κ1) is 21.2. The standard InChI is InChI=1S/C18H17ClFN3O5S/c19-12-7-11(8-13(20)9-12)10-22-16(24)18(26)5-6-23(17(18)25)14-1-3-15(4-2-14)29(21,27)28/h1-4,7-9,26H,5-6,10H2,(H,22,24)(H2,21,27,28). The van der Waals surface area contributed by atoms with Crippen LogP contribution in [0.15, 0.2) is 47.4 Å². The van der Waals surface area contributed by atoms with Crippen LogP contribution in [-0.4, -0.2) is 37.5 Å². The molecule has 3 rings (SSSR count). The molecule has 1 saturated heterocycles. The SMILES string of the molecule is NS(=O)(=O)c1ccc(N2CCC(O)(C(=O)NCc3cc(F)cc(Cl)c3)C2=O)cc1. The molecular weight excluding hydrogens is 425 g/mol. The second-order valence-electron chi connectivity index (χ2n) is 6.57. The Morgan fingerprint density at radius 1 is 1.28 bits per heavy atom. The topological polar surface area (TPSA) is 130 Å². The molecule has 1 atom stereocenters. The number of anilines is 1. The van der Waals surface area contributed by atoms with Gasteiger partial charge in [-0.2, -0.15) is 0 Å². The van der Waals surface area contributed by atoms with Gasteiger partial charge in [0.1, 0.15) is 5.82 Å². The van der Waals surface area contributed by atoms with Crippen molar-refractivity contribution >= 4 is 39.1 Å². The van der Waals surface area contributed by atoms with Gasteiger partial charge in [-0.1, -0.05) is 11.6 Å². The molecule has 154 valence electrons. The van der Waals surface area contributed by atoms with Gasteiger partial charge in [-0.3, -0.25) is 9.59 Å². The molecule has 0 radical (unpaired) electrons. The molecule has 0 aromatic heterocycles. The first-order chi connectivity index (χ1) is 13.5. The van der Waals surface area contributed by atoms with E-state index in [0.717, 1.165) is 6.07 Å². The lowest BCUT2D eigenvalue weighted by Crippen LogP contribution is -2.52. The number of hydrogen-bond acceptors (Lipinski definition) is 5. The number of halogens is 2. The molecule has 2 amide bonds. The Kier molecular flexibility index (Phi) is 5.63. The van der Waals surface area contributed by atoms with E-state index in [1.54, 1.807) is 0 Å². The highest BCUT2D eigenvalue weighted by molar-refractivity contribution is 7.89. The first-order valence-electron chi connectivity index (χ1n) is 8.41.